The number of hydrogen-bond acceptors (Lipinski definition) is 4. The predicted octanol–water partition coefficient (Wildman–Crippen LogP) is 1.67. The number of piperidine rings is 1. The van der Waals surface area contributed by atoms with Gasteiger partial charge in [-0.2, -0.15) is 0 Å². The van der Waals surface area contributed by atoms with Crippen molar-refractivity contribution in [1.29, 1.82) is 0 Å². The van der Waals surface area contributed by atoms with Crippen molar-refractivity contribution in [2.45, 2.75) is 31.7 Å². The monoisotopic (exact) mass is 397 g/mol. The van der Waals surface area contributed by atoms with Crippen molar-refractivity contribution in [3.63, 3.8) is 0 Å². The number of nitrogens with zero attached hydrogens (tertiary/aromatic N) is 1. The standard InChI is InChI=1S/C17H24BrN3O3/c18-13-4-6-15(7-5-13)24-12-17(23)21-10-2-1-3-14(21)11-20-16(22)8-9-19/h4-7,14H,1-3,8-12,19H2,(H,20,22). The molecule has 6 nitrogen and oxygen atoms in total. The normalized spacial score (nSPS) is 17.4. The van der Waals surface area contributed by atoms with Crippen molar-refractivity contribution in [2.24, 2.45) is 5.73 Å². The van der Waals surface area contributed by atoms with Gasteiger partial charge in [-0.15, -0.1) is 0 Å². The molecule has 1 aromatic carbocycles. The fourth-order valence-electron chi connectivity index (χ4n) is 2.75. The van der Waals surface area contributed by atoms with Crippen LogP contribution in [-0.2, 0) is 9.59 Å². The van der Waals surface area contributed by atoms with Gasteiger partial charge >= 0.3 is 0 Å². The lowest BCUT2D eigenvalue weighted by Gasteiger charge is -2.35. The van der Waals surface area contributed by atoms with Gasteiger partial charge in [0.25, 0.3) is 5.91 Å². The van der Waals surface area contributed by atoms with E-state index in [4.69, 9.17) is 10.5 Å². The Labute approximate surface area is 150 Å². The third-order valence-corrected chi connectivity index (χ3v) is 4.56. The number of halogens is 1. The minimum absolute atomic E-state index is 0.00881. The second-order valence-corrected chi connectivity index (χ2v) is 6.74. The number of likely N-dealkylation sites (tertiary alicyclic amines) is 1. The van der Waals surface area contributed by atoms with Gasteiger partial charge in [0.05, 0.1) is 0 Å². The van der Waals surface area contributed by atoms with Crippen molar-refractivity contribution < 1.29 is 14.3 Å². The van der Waals surface area contributed by atoms with E-state index in [2.05, 4.69) is 21.2 Å². The van der Waals surface area contributed by atoms with Gasteiger partial charge in [-0.1, -0.05) is 15.9 Å². The minimum Gasteiger partial charge on any atom is -0.484 e. The van der Waals surface area contributed by atoms with Gasteiger partial charge in [-0.3, -0.25) is 9.59 Å². The zero-order chi connectivity index (χ0) is 17.4. The summed E-state index contributed by atoms with van der Waals surface area (Å²) in [6.07, 6.45) is 3.26. The van der Waals surface area contributed by atoms with Gasteiger partial charge in [0.15, 0.2) is 6.61 Å². The van der Waals surface area contributed by atoms with Crippen molar-refractivity contribution in [3.8, 4) is 5.75 Å². The van der Waals surface area contributed by atoms with Gasteiger partial charge in [-0.05, 0) is 43.5 Å². The Kier molecular flexibility index (Phi) is 7.52. The molecule has 2 rings (SSSR count). The Morgan fingerprint density at radius 2 is 2.04 bits per heavy atom. The maximum Gasteiger partial charge on any atom is 0.260 e. The Balaban J connectivity index is 1.85. The van der Waals surface area contributed by atoms with Crippen molar-refractivity contribution in [3.05, 3.63) is 28.7 Å². The fraction of sp³-hybridized carbons (Fsp3) is 0.529. The summed E-state index contributed by atoms with van der Waals surface area (Å²) in [4.78, 5) is 25.9. The zero-order valence-corrected chi connectivity index (χ0v) is 15.3. The molecule has 1 aromatic rings. The van der Waals surface area contributed by atoms with E-state index in [9.17, 15) is 9.59 Å². The van der Waals surface area contributed by atoms with Crippen LogP contribution < -0.4 is 15.8 Å². The Morgan fingerprint density at radius 3 is 2.75 bits per heavy atom. The highest BCUT2D eigenvalue weighted by molar-refractivity contribution is 9.10. The van der Waals surface area contributed by atoms with E-state index in [0.717, 1.165) is 23.7 Å². The van der Waals surface area contributed by atoms with Crippen LogP contribution in [0.25, 0.3) is 0 Å². The average Bonchev–Trinajstić information content (AvgIpc) is 2.60. The molecule has 7 heteroatoms. The zero-order valence-electron chi connectivity index (χ0n) is 13.7. The number of ether oxygens (including phenoxy) is 1. The average molecular weight is 398 g/mol. The molecule has 0 spiro atoms. The number of benzene rings is 1. The molecule has 24 heavy (non-hydrogen) atoms. The van der Waals surface area contributed by atoms with Gasteiger partial charge in [0.2, 0.25) is 5.91 Å². The highest BCUT2D eigenvalue weighted by Crippen LogP contribution is 2.19. The van der Waals surface area contributed by atoms with Gasteiger partial charge in [0, 0.05) is 36.6 Å². The van der Waals surface area contributed by atoms with E-state index in [1.165, 1.54) is 0 Å². The lowest BCUT2D eigenvalue weighted by molar-refractivity contribution is -0.137. The van der Waals surface area contributed by atoms with Crippen LogP contribution in [0.4, 0.5) is 0 Å². The van der Waals surface area contributed by atoms with E-state index in [1.54, 1.807) is 0 Å². The SMILES string of the molecule is NCCC(=O)NCC1CCCCN1C(=O)COc1ccc(Br)cc1. The number of nitrogens with one attached hydrogen (secondary N) is 1. The molecule has 2 amide bonds. The molecule has 0 aromatic heterocycles. The number of rotatable bonds is 7. The molecule has 1 aliphatic rings. The van der Waals surface area contributed by atoms with Crippen LogP contribution in [0.1, 0.15) is 25.7 Å². The summed E-state index contributed by atoms with van der Waals surface area (Å²) in [5.41, 5.74) is 5.37. The minimum atomic E-state index is -0.0680. The molecule has 1 unspecified atom stereocenters. The summed E-state index contributed by atoms with van der Waals surface area (Å²) in [5, 5.41) is 2.86. The Hall–Kier alpha value is -1.60. The lowest BCUT2D eigenvalue weighted by atomic mass is 10.0. The van der Waals surface area contributed by atoms with Crippen LogP contribution in [0.5, 0.6) is 5.75 Å². The Bertz CT molecular complexity index is 551. The first-order valence-electron chi connectivity index (χ1n) is 8.24. The quantitative estimate of drug-likeness (QED) is 0.732. The van der Waals surface area contributed by atoms with E-state index in [1.807, 2.05) is 29.2 Å². The summed E-state index contributed by atoms with van der Waals surface area (Å²) in [7, 11) is 0. The van der Waals surface area contributed by atoms with Crippen LogP contribution in [0.2, 0.25) is 0 Å². The first-order valence-corrected chi connectivity index (χ1v) is 9.04. The molecular formula is C17H24BrN3O3. The topological polar surface area (TPSA) is 84.7 Å². The second-order valence-electron chi connectivity index (χ2n) is 5.82. The summed E-state index contributed by atoms with van der Waals surface area (Å²) < 4.78 is 6.54. The molecule has 1 fully saturated rings. The second kappa shape index (κ2) is 9.64. The molecular weight excluding hydrogens is 374 g/mol. The number of carbonyl (C=O) groups is 2. The summed E-state index contributed by atoms with van der Waals surface area (Å²) in [6, 6.07) is 7.41. The smallest absolute Gasteiger partial charge is 0.260 e. The predicted molar refractivity (Wildman–Crippen MR) is 95.7 cm³/mol. The summed E-state index contributed by atoms with van der Waals surface area (Å²) >= 11 is 3.36. The van der Waals surface area contributed by atoms with Crippen molar-refractivity contribution in [2.75, 3.05) is 26.2 Å². The van der Waals surface area contributed by atoms with Crippen molar-refractivity contribution >= 4 is 27.7 Å². The molecule has 0 radical (unpaired) electrons. The van der Waals surface area contributed by atoms with Crippen LogP contribution in [0.15, 0.2) is 28.7 Å². The van der Waals surface area contributed by atoms with Crippen molar-refractivity contribution in [1.82, 2.24) is 10.2 Å². The molecule has 0 saturated carbocycles. The summed E-state index contributed by atoms with van der Waals surface area (Å²) in [6.45, 7) is 1.53. The van der Waals surface area contributed by atoms with Gasteiger partial charge < -0.3 is 20.7 Å². The van der Waals surface area contributed by atoms with Crippen LogP contribution in [-0.4, -0.2) is 49.0 Å². The Morgan fingerprint density at radius 1 is 1.29 bits per heavy atom. The molecule has 1 aliphatic heterocycles. The van der Waals surface area contributed by atoms with Crippen LogP contribution in [0, 0.1) is 0 Å². The first-order chi connectivity index (χ1) is 11.6. The van der Waals surface area contributed by atoms with E-state index < -0.39 is 0 Å². The number of carbonyl (C=O) groups excluding carboxylic acids is 2. The maximum absolute atomic E-state index is 12.5. The van der Waals surface area contributed by atoms with E-state index in [-0.39, 0.29) is 24.5 Å². The third kappa shape index (κ3) is 5.79. The molecule has 1 saturated heterocycles. The number of amides is 2. The molecule has 3 N–H and O–H groups in total. The molecule has 1 atom stereocenters. The van der Waals surface area contributed by atoms with E-state index >= 15 is 0 Å². The van der Waals surface area contributed by atoms with Gasteiger partial charge in [-0.25, -0.2) is 0 Å². The molecule has 0 aliphatic carbocycles. The van der Waals surface area contributed by atoms with E-state index in [0.29, 0.717) is 31.8 Å². The largest absolute Gasteiger partial charge is 0.484 e. The lowest BCUT2D eigenvalue weighted by Crippen LogP contribution is -2.50. The molecule has 0 bridgehead atoms. The fourth-order valence-corrected chi connectivity index (χ4v) is 3.02. The highest BCUT2D eigenvalue weighted by Gasteiger charge is 2.27. The van der Waals surface area contributed by atoms with Crippen LogP contribution >= 0.6 is 15.9 Å². The maximum atomic E-state index is 12.5. The third-order valence-electron chi connectivity index (χ3n) is 4.03. The molecule has 132 valence electrons. The number of hydrogen-bond donors (Lipinski definition) is 2. The van der Waals surface area contributed by atoms with Crippen LogP contribution in [0.3, 0.4) is 0 Å². The summed E-state index contributed by atoms with van der Waals surface area (Å²) in [5.74, 6) is 0.550. The highest BCUT2D eigenvalue weighted by atomic mass is 79.9. The first kappa shape index (κ1) is 18.7. The molecule has 1 heterocycles. The number of nitrogens with two attached hydrogens (primary N) is 1. The van der Waals surface area contributed by atoms with Gasteiger partial charge in [0.1, 0.15) is 5.75 Å².